The summed E-state index contributed by atoms with van der Waals surface area (Å²) in [6.45, 7) is 7.62. The van der Waals surface area contributed by atoms with Gasteiger partial charge in [-0.25, -0.2) is 0 Å². The van der Waals surface area contributed by atoms with Gasteiger partial charge in [-0.2, -0.15) is 0 Å². The Hall–Kier alpha value is -2.37. The molecule has 144 valence electrons. The number of halogens is 1. The van der Waals surface area contributed by atoms with Crippen LogP contribution in [-0.4, -0.2) is 24.4 Å². The number of carbonyl (C=O) groups is 2. The number of quaternary nitrogens is 1. The predicted octanol–water partition coefficient (Wildman–Crippen LogP) is 2.72. The van der Waals surface area contributed by atoms with Gasteiger partial charge in [0.1, 0.15) is 6.04 Å². The van der Waals surface area contributed by atoms with E-state index in [1.165, 1.54) is 0 Å². The molecule has 4 N–H and O–H groups in total. The first-order chi connectivity index (χ1) is 12.8. The van der Waals surface area contributed by atoms with Crippen molar-refractivity contribution >= 4 is 29.1 Å². The number of benzene rings is 2. The van der Waals surface area contributed by atoms with Crippen LogP contribution in [0.5, 0.6) is 0 Å². The largest absolute Gasteiger partial charge is 0.342 e. The second-order valence-corrected chi connectivity index (χ2v) is 7.23. The van der Waals surface area contributed by atoms with Gasteiger partial charge in [0.15, 0.2) is 6.04 Å². The lowest BCUT2D eigenvalue weighted by atomic mass is 10.1. The van der Waals surface area contributed by atoms with E-state index in [4.69, 9.17) is 11.6 Å². The summed E-state index contributed by atoms with van der Waals surface area (Å²) in [7, 11) is 0. The molecular formula is C21H27ClN3O2+. The van der Waals surface area contributed by atoms with Crippen LogP contribution in [-0.2, 0) is 9.59 Å². The molecule has 0 aliphatic rings. The van der Waals surface area contributed by atoms with E-state index in [2.05, 4.69) is 10.6 Å². The Bertz CT molecular complexity index is 803. The molecule has 0 aliphatic heterocycles. The van der Waals surface area contributed by atoms with Crippen LogP contribution in [0.2, 0.25) is 5.02 Å². The summed E-state index contributed by atoms with van der Waals surface area (Å²) in [5, 5.41) is 8.18. The molecule has 2 atom stereocenters. The topological polar surface area (TPSA) is 74.8 Å². The van der Waals surface area contributed by atoms with Crippen molar-refractivity contribution in [3.8, 4) is 0 Å². The Kier molecular flexibility index (Phi) is 7.39. The molecular weight excluding hydrogens is 362 g/mol. The molecule has 0 bridgehead atoms. The predicted molar refractivity (Wildman–Crippen MR) is 109 cm³/mol. The summed E-state index contributed by atoms with van der Waals surface area (Å²) in [6.07, 6.45) is 0. The molecule has 5 nitrogen and oxygen atoms in total. The maximum Gasteiger partial charge on any atom is 0.278 e. The lowest BCUT2D eigenvalue weighted by Crippen LogP contribution is -2.92. The van der Waals surface area contributed by atoms with Crippen molar-refractivity contribution in [2.24, 2.45) is 0 Å². The minimum atomic E-state index is -0.343. The number of amides is 2. The average Bonchev–Trinajstić information content (AvgIpc) is 2.63. The average molecular weight is 389 g/mol. The van der Waals surface area contributed by atoms with Crippen LogP contribution < -0.4 is 16.0 Å². The summed E-state index contributed by atoms with van der Waals surface area (Å²) < 4.78 is 0. The van der Waals surface area contributed by atoms with Crippen molar-refractivity contribution in [3.63, 3.8) is 0 Å². The molecule has 0 aliphatic carbocycles. The van der Waals surface area contributed by atoms with E-state index in [9.17, 15) is 9.59 Å². The van der Waals surface area contributed by atoms with Crippen molar-refractivity contribution < 1.29 is 14.9 Å². The number of nitrogens with two attached hydrogens (primary N) is 1. The fraction of sp³-hybridized carbons (Fsp3) is 0.333. The number of hydrogen-bond acceptors (Lipinski definition) is 2. The number of para-hydroxylation sites is 1. The number of carbonyl (C=O) groups excluding carboxylic acids is 2. The van der Waals surface area contributed by atoms with E-state index < -0.39 is 0 Å². The maximum atomic E-state index is 12.3. The van der Waals surface area contributed by atoms with Gasteiger partial charge in [0.2, 0.25) is 5.91 Å². The third-order valence-corrected chi connectivity index (χ3v) is 4.90. The molecule has 0 spiro atoms. The summed E-state index contributed by atoms with van der Waals surface area (Å²) in [6, 6.07) is 13.1. The van der Waals surface area contributed by atoms with Crippen LogP contribution in [0.3, 0.4) is 0 Å². The molecule has 0 fully saturated rings. The fourth-order valence-electron chi connectivity index (χ4n) is 2.99. The third kappa shape index (κ3) is 5.81. The molecule has 0 unspecified atom stereocenters. The Morgan fingerprint density at radius 3 is 2.30 bits per heavy atom. The summed E-state index contributed by atoms with van der Waals surface area (Å²) in [5.74, 6) is -0.433. The monoisotopic (exact) mass is 388 g/mol. The van der Waals surface area contributed by atoms with E-state index in [-0.39, 0.29) is 30.4 Å². The van der Waals surface area contributed by atoms with Crippen LogP contribution in [0, 0.1) is 13.8 Å². The molecule has 0 saturated carbocycles. The molecule has 6 heteroatoms. The number of nitrogens with one attached hydrogen (secondary N) is 2. The van der Waals surface area contributed by atoms with Gasteiger partial charge in [0.05, 0.1) is 6.54 Å². The highest BCUT2D eigenvalue weighted by molar-refractivity contribution is 6.31. The molecule has 0 radical (unpaired) electrons. The minimum Gasteiger partial charge on any atom is -0.342 e. The lowest BCUT2D eigenvalue weighted by Gasteiger charge is -2.18. The molecule has 2 amide bonds. The molecule has 2 aromatic rings. The summed E-state index contributed by atoms with van der Waals surface area (Å²) in [4.78, 5) is 24.5. The second-order valence-electron chi connectivity index (χ2n) is 6.82. The SMILES string of the molecule is Cc1cccc(C)c1NC(=O)CNC(=O)[C@H](C)[NH2+][C@H](C)c1ccccc1Cl. The highest BCUT2D eigenvalue weighted by Crippen LogP contribution is 2.20. The first kappa shape index (κ1) is 20.9. The van der Waals surface area contributed by atoms with Gasteiger partial charge in [-0.3, -0.25) is 9.59 Å². The highest BCUT2D eigenvalue weighted by atomic mass is 35.5. The van der Waals surface area contributed by atoms with Crippen molar-refractivity contribution in [2.45, 2.75) is 39.8 Å². The number of hydrogen-bond donors (Lipinski definition) is 3. The summed E-state index contributed by atoms with van der Waals surface area (Å²) in [5.41, 5.74) is 3.75. The zero-order valence-corrected chi connectivity index (χ0v) is 16.9. The first-order valence-electron chi connectivity index (χ1n) is 9.02. The molecule has 0 aromatic heterocycles. The van der Waals surface area contributed by atoms with Crippen LogP contribution in [0.25, 0.3) is 0 Å². The van der Waals surface area contributed by atoms with E-state index in [1.807, 2.05) is 75.5 Å². The molecule has 0 saturated heterocycles. The van der Waals surface area contributed by atoms with E-state index in [1.54, 1.807) is 0 Å². The van der Waals surface area contributed by atoms with Crippen LogP contribution in [0.4, 0.5) is 5.69 Å². The Balaban J connectivity index is 1.86. The second kappa shape index (κ2) is 9.53. The number of rotatable bonds is 7. The van der Waals surface area contributed by atoms with Crippen LogP contribution >= 0.6 is 11.6 Å². The first-order valence-corrected chi connectivity index (χ1v) is 9.40. The normalized spacial score (nSPS) is 12.9. The molecule has 0 heterocycles. The minimum absolute atomic E-state index is 0.0305. The van der Waals surface area contributed by atoms with Gasteiger partial charge in [-0.1, -0.05) is 48.0 Å². The van der Waals surface area contributed by atoms with Gasteiger partial charge >= 0.3 is 0 Å². The molecule has 27 heavy (non-hydrogen) atoms. The third-order valence-electron chi connectivity index (χ3n) is 4.56. The fourth-order valence-corrected chi connectivity index (χ4v) is 3.30. The number of anilines is 1. The zero-order chi connectivity index (χ0) is 20.0. The summed E-state index contributed by atoms with van der Waals surface area (Å²) >= 11 is 6.21. The lowest BCUT2D eigenvalue weighted by molar-refractivity contribution is -0.710. The van der Waals surface area contributed by atoms with Crippen LogP contribution in [0.1, 0.15) is 36.6 Å². The van der Waals surface area contributed by atoms with Crippen molar-refractivity contribution in [1.82, 2.24) is 5.32 Å². The zero-order valence-electron chi connectivity index (χ0n) is 16.2. The van der Waals surface area contributed by atoms with Crippen LogP contribution in [0.15, 0.2) is 42.5 Å². The maximum absolute atomic E-state index is 12.3. The highest BCUT2D eigenvalue weighted by Gasteiger charge is 2.22. The Morgan fingerprint density at radius 2 is 1.67 bits per heavy atom. The van der Waals surface area contributed by atoms with Gasteiger partial charge in [0.25, 0.3) is 5.91 Å². The van der Waals surface area contributed by atoms with Crippen molar-refractivity contribution in [3.05, 3.63) is 64.2 Å². The Morgan fingerprint density at radius 1 is 1.04 bits per heavy atom. The quantitative estimate of drug-likeness (QED) is 0.682. The van der Waals surface area contributed by atoms with E-state index in [0.717, 1.165) is 22.4 Å². The van der Waals surface area contributed by atoms with Crippen molar-refractivity contribution in [1.29, 1.82) is 0 Å². The van der Waals surface area contributed by atoms with Gasteiger partial charge < -0.3 is 16.0 Å². The van der Waals surface area contributed by atoms with E-state index >= 15 is 0 Å². The molecule has 2 rings (SSSR count). The molecule has 2 aromatic carbocycles. The number of aryl methyl sites for hydroxylation is 2. The van der Waals surface area contributed by atoms with Gasteiger partial charge in [-0.05, 0) is 44.9 Å². The van der Waals surface area contributed by atoms with E-state index in [0.29, 0.717) is 5.02 Å². The van der Waals surface area contributed by atoms with Crippen molar-refractivity contribution in [2.75, 3.05) is 11.9 Å². The standard InChI is InChI=1S/C21H26ClN3O2/c1-13-8-7-9-14(2)20(13)25-19(26)12-23-21(27)16(4)24-15(3)17-10-5-6-11-18(17)22/h5-11,15-16,24H,12H2,1-4H3,(H,23,27)(H,25,26)/p+1/t15-,16+/m1/s1. The van der Waals surface area contributed by atoms with Gasteiger partial charge in [-0.15, -0.1) is 0 Å². The Labute approximate surface area is 165 Å². The van der Waals surface area contributed by atoms with Gasteiger partial charge in [0, 0.05) is 16.3 Å². The smallest absolute Gasteiger partial charge is 0.278 e.